The van der Waals surface area contributed by atoms with Gasteiger partial charge in [0, 0.05) is 31.2 Å². The molecule has 0 N–H and O–H groups in total. The Labute approximate surface area is 129 Å². The molecule has 3 heterocycles. The number of fused-ring (bicyclic) bond motifs is 3. The maximum atomic E-state index is 13.3. The number of esters is 1. The largest absolute Gasteiger partial charge is 0.456 e. The fraction of sp³-hybridized carbons (Fsp3) is 0.529. The number of carbonyl (C=O) groups is 2. The Morgan fingerprint density at radius 1 is 1.32 bits per heavy atom. The first-order chi connectivity index (χ1) is 10.5. The van der Waals surface area contributed by atoms with Gasteiger partial charge in [0.05, 0.1) is 13.1 Å². The third-order valence-electron chi connectivity index (χ3n) is 4.98. The van der Waals surface area contributed by atoms with E-state index in [0.29, 0.717) is 29.1 Å². The second-order valence-electron chi connectivity index (χ2n) is 6.55. The quantitative estimate of drug-likeness (QED) is 0.486. The lowest BCUT2D eigenvalue weighted by Gasteiger charge is -2.51. The lowest BCUT2D eigenvalue weighted by atomic mass is 9.83. The van der Waals surface area contributed by atoms with Gasteiger partial charge < -0.3 is 9.22 Å². The molecule has 1 aromatic carbocycles. The Hall–Kier alpha value is -1.75. The van der Waals surface area contributed by atoms with Crippen LogP contribution in [0.2, 0.25) is 0 Å². The van der Waals surface area contributed by atoms with Crippen molar-refractivity contribution in [1.82, 2.24) is 0 Å². The zero-order valence-corrected chi connectivity index (χ0v) is 12.8. The average Bonchev–Trinajstić information content (AvgIpc) is 2.47. The number of nitrogens with zero attached hydrogens (tertiary/aromatic N) is 1. The van der Waals surface area contributed by atoms with Crippen LogP contribution in [0.5, 0.6) is 0 Å². The minimum absolute atomic E-state index is 0.0403. The summed E-state index contributed by atoms with van der Waals surface area (Å²) >= 11 is 0. The lowest BCUT2D eigenvalue weighted by Crippen LogP contribution is -2.65. The zero-order valence-electron chi connectivity index (χ0n) is 12.8. The van der Waals surface area contributed by atoms with Gasteiger partial charge in [-0.05, 0) is 12.1 Å². The highest BCUT2D eigenvalue weighted by Crippen LogP contribution is 2.35. The third kappa shape index (κ3) is 3.04. The summed E-state index contributed by atoms with van der Waals surface area (Å²) in [6.07, 6.45) is 1.88. The van der Waals surface area contributed by atoms with Gasteiger partial charge in [-0.3, -0.25) is 9.59 Å². The number of benzene rings is 1. The Bertz CT molecular complexity index is 593. The molecule has 22 heavy (non-hydrogen) atoms. The van der Waals surface area contributed by atoms with Crippen LogP contribution in [0.4, 0.5) is 4.39 Å². The van der Waals surface area contributed by atoms with E-state index >= 15 is 0 Å². The molecule has 5 heteroatoms. The number of rotatable bonds is 4. The second-order valence-corrected chi connectivity index (χ2v) is 6.55. The normalized spacial score (nSPS) is 30.1. The van der Waals surface area contributed by atoms with Crippen molar-refractivity contribution in [3.63, 3.8) is 0 Å². The molecule has 3 saturated heterocycles. The van der Waals surface area contributed by atoms with E-state index in [1.54, 1.807) is 12.1 Å². The molecule has 1 aromatic rings. The molecule has 0 spiro atoms. The molecule has 3 aliphatic rings. The number of ether oxygens (including phenoxy) is 1. The molecule has 0 radical (unpaired) electrons. The first-order valence-electron chi connectivity index (χ1n) is 7.78. The fourth-order valence-corrected chi connectivity index (χ4v) is 3.85. The molecule has 0 unspecified atom stereocenters. The molecule has 1 atom stereocenters. The van der Waals surface area contributed by atoms with Crippen LogP contribution in [0, 0.1) is 11.7 Å². The highest BCUT2D eigenvalue weighted by molar-refractivity contribution is 5.97. The Morgan fingerprint density at radius 3 is 2.68 bits per heavy atom. The summed E-state index contributed by atoms with van der Waals surface area (Å²) in [6, 6.07) is 5.85. The van der Waals surface area contributed by atoms with E-state index in [9.17, 15) is 14.0 Å². The van der Waals surface area contributed by atoms with Crippen LogP contribution >= 0.6 is 0 Å². The molecule has 0 aliphatic carbocycles. The van der Waals surface area contributed by atoms with Crippen molar-refractivity contribution in [3.8, 4) is 0 Å². The number of ketones is 1. The van der Waals surface area contributed by atoms with Crippen LogP contribution in [-0.2, 0) is 9.53 Å². The van der Waals surface area contributed by atoms with E-state index in [4.69, 9.17) is 4.74 Å². The van der Waals surface area contributed by atoms with Crippen molar-refractivity contribution >= 4 is 11.8 Å². The van der Waals surface area contributed by atoms with Gasteiger partial charge in [-0.25, -0.2) is 4.39 Å². The Morgan fingerprint density at radius 2 is 2.05 bits per heavy atom. The maximum Gasteiger partial charge on any atom is 0.303 e. The van der Waals surface area contributed by atoms with Crippen LogP contribution < -0.4 is 0 Å². The molecule has 0 aromatic heterocycles. The minimum atomic E-state index is -0.388. The Kier molecular flexibility index (Phi) is 4.00. The van der Waals surface area contributed by atoms with Crippen molar-refractivity contribution in [2.24, 2.45) is 5.92 Å². The first-order valence-corrected chi connectivity index (χ1v) is 7.78. The minimum Gasteiger partial charge on any atom is -0.456 e. The molecule has 4 nitrogen and oxygen atoms in total. The predicted molar refractivity (Wildman–Crippen MR) is 78.7 cm³/mol. The van der Waals surface area contributed by atoms with Gasteiger partial charge in [0.25, 0.3) is 0 Å². The molecular weight excluding hydrogens is 285 g/mol. The molecule has 2 bridgehead atoms. The van der Waals surface area contributed by atoms with Crippen LogP contribution in [0.1, 0.15) is 30.1 Å². The van der Waals surface area contributed by atoms with Crippen LogP contribution in [0.3, 0.4) is 0 Å². The van der Waals surface area contributed by atoms with Gasteiger partial charge in [-0.2, -0.15) is 0 Å². The molecule has 4 rings (SSSR count). The van der Waals surface area contributed by atoms with Crippen molar-refractivity contribution in [3.05, 3.63) is 35.6 Å². The van der Waals surface area contributed by atoms with Gasteiger partial charge in [0.2, 0.25) is 5.78 Å². The first kappa shape index (κ1) is 15.2. The van der Waals surface area contributed by atoms with Crippen molar-refractivity contribution in [2.75, 3.05) is 26.2 Å². The van der Waals surface area contributed by atoms with Gasteiger partial charge in [-0.15, -0.1) is 0 Å². The van der Waals surface area contributed by atoms with Crippen LogP contribution in [0.15, 0.2) is 24.3 Å². The molecule has 118 valence electrons. The summed E-state index contributed by atoms with van der Waals surface area (Å²) in [5.74, 6) is -0.260. The van der Waals surface area contributed by atoms with E-state index in [-0.39, 0.29) is 23.7 Å². The standard InChI is InChI=1S/C17H21FNO3/c1-12(20)22-17-11-19(7-5-13(17)6-8-19)10-16(21)14-3-2-4-15(18)9-14/h2-4,9,13,17H,5-8,10-11H2,1H3/q+1/t13?,17-,19?/m0/s1. The molecule has 0 amide bonds. The van der Waals surface area contributed by atoms with E-state index in [2.05, 4.69) is 0 Å². The number of hydrogen-bond donors (Lipinski definition) is 0. The summed E-state index contributed by atoms with van der Waals surface area (Å²) in [5, 5.41) is 0. The molecule has 3 aliphatic heterocycles. The summed E-state index contributed by atoms with van der Waals surface area (Å²) in [4.78, 5) is 23.7. The third-order valence-corrected chi connectivity index (χ3v) is 4.98. The van der Waals surface area contributed by atoms with E-state index < -0.39 is 0 Å². The summed E-state index contributed by atoms with van der Waals surface area (Å²) in [7, 11) is 0. The van der Waals surface area contributed by atoms with Crippen molar-refractivity contribution in [1.29, 1.82) is 0 Å². The smallest absolute Gasteiger partial charge is 0.303 e. The lowest BCUT2D eigenvalue weighted by molar-refractivity contribution is -0.938. The number of piperidine rings is 3. The number of Topliss-reactive ketones (excluding diaryl/α,β-unsaturated/α-hetero) is 1. The average molecular weight is 306 g/mol. The summed E-state index contributed by atoms with van der Waals surface area (Å²) in [5.41, 5.74) is 0.421. The summed E-state index contributed by atoms with van der Waals surface area (Å²) < 4.78 is 19.4. The number of carbonyl (C=O) groups excluding carboxylic acids is 2. The Balaban J connectivity index is 1.73. The highest BCUT2D eigenvalue weighted by atomic mass is 19.1. The summed E-state index contributed by atoms with van der Waals surface area (Å²) in [6.45, 7) is 4.35. The van der Waals surface area contributed by atoms with Crippen molar-refractivity contribution < 1.29 is 23.2 Å². The van der Waals surface area contributed by atoms with Crippen molar-refractivity contribution in [2.45, 2.75) is 25.9 Å². The van der Waals surface area contributed by atoms with E-state index in [1.807, 2.05) is 0 Å². The monoisotopic (exact) mass is 306 g/mol. The van der Waals surface area contributed by atoms with E-state index in [0.717, 1.165) is 25.9 Å². The molecule has 3 fully saturated rings. The van der Waals surface area contributed by atoms with Gasteiger partial charge in [0.15, 0.2) is 6.10 Å². The fourth-order valence-electron chi connectivity index (χ4n) is 3.85. The number of quaternary nitrogens is 1. The number of hydrogen-bond acceptors (Lipinski definition) is 3. The molecule has 0 saturated carbocycles. The molecular formula is C17H21FNO3+. The zero-order chi connectivity index (χ0) is 15.7. The van der Waals surface area contributed by atoms with Gasteiger partial charge in [0.1, 0.15) is 18.9 Å². The maximum absolute atomic E-state index is 13.3. The van der Waals surface area contributed by atoms with Gasteiger partial charge in [-0.1, -0.05) is 12.1 Å². The van der Waals surface area contributed by atoms with E-state index in [1.165, 1.54) is 19.1 Å². The number of halogens is 1. The predicted octanol–water partition coefficient (Wildman–Crippen LogP) is 2.18. The highest BCUT2D eigenvalue weighted by Gasteiger charge is 2.48. The van der Waals surface area contributed by atoms with Gasteiger partial charge >= 0.3 is 5.97 Å². The SMILES string of the molecule is CC(=O)O[C@H]1C[N+]2(CC(=O)c3cccc(F)c3)CCC1CC2. The van der Waals surface area contributed by atoms with Crippen LogP contribution in [-0.4, -0.2) is 48.5 Å². The second kappa shape index (κ2) is 5.80. The topological polar surface area (TPSA) is 43.4 Å². The van der Waals surface area contributed by atoms with Crippen LogP contribution in [0.25, 0.3) is 0 Å².